The van der Waals surface area contributed by atoms with E-state index in [1.54, 1.807) is 0 Å². The van der Waals surface area contributed by atoms with Crippen molar-refractivity contribution in [1.82, 2.24) is 0 Å². The predicted molar refractivity (Wildman–Crippen MR) is 53.3 cm³/mol. The molecule has 10 heteroatoms. The van der Waals surface area contributed by atoms with E-state index >= 15 is 0 Å². The second-order valence-corrected chi connectivity index (χ2v) is 4.71. The Morgan fingerprint density at radius 2 is 1.00 bits per heavy atom. The summed E-state index contributed by atoms with van der Waals surface area (Å²) in [7, 11) is 0. The van der Waals surface area contributed by atoms with Gasteiger partial charge in [0.25, 0.3) is 0 Å². The van der Waals surface area contributed by atoms with Gasteiger partial charge in [-0.25, -0.2) is 0 Å². The fourth-order valence-corrected chi connectivity index (χ4v) is 2.29. The van der Waals surface area contributed by atoms with Crippen molar-refractivity contribution in [3.05, 3.63) is 0 Å². The van der Waals surface area contributed by atoms with Crippen LogP contribution in [0.25, 0.3) is 0 Å². The van der Waals surface area contributed by atoms with Crippen LogP contribution in [-0.4, -0.2) is 23.0 Å². The molecule has 0 rings (SSSR count). The molecule has 0 amide bonds. The summed E-state index contributed by atoms with van der Waals surface area (Å²) in [5.41, 5.74) is -4.29. The smallest absolute Gasteiger partial charge is 0.171 e. The Bertz CT molecular complexity index is 247. The molecule has 0 aliphatic carbocycles. The van der Waals surface area contributed by atoms with Gasteiger partial charge in [-0.2, -0.15) is 39.5 Å². The number of hydrogen-bond acceptors (Lipinski definition) is 0. The summed E-state index contributed by atoms with van der Waals surface area (Å²) in [6.07, 6.45) is -22.2. The SMILES string of the molecule is FC(F)(F)CCC(CCI)(C(F)(F)F)C(F)(F)F. The number of halogens is 10. The Kier molecular flexibility index (Phi) is 5.64. The molecule has 110 valence electrons. The van der Waals surface area contributed by atoms with Gasteiger partial charge in [-0.05, 0) is 12.8 Å². The van der Waals surface area contributed by atoms with Gasteiger partial charge in [0.2, 0.25) is 0 Å². The second-order valence-electron chi connectivity index (χ2n) is 3.63. The molecule has 0 N–H and O–H groups in total. The van der Waals surface area contributed by atoms with Crippen molar-refractivity contribution in [3.8, 4) is 0 Å². The summed E-state index contributed by atoms with van der Waals surface area (Å²) in [4.78, 5) is 0. The van der Waals surface area contributed by atoms with E-state index in [0.717, 1.165) is 0 Å². The topological polar surface area (TPSA) is 0 Å². The minimum atomic E-state index is -5.76. The van der Waals surface area contributed by atoms with Gasteiger partial charge < -0.3 is 0 Å². The molecular formula is C8H8F9I. The third-order valence-electron chi connectivity index (χ3n) is 2.44. The van der Waals surface area contributed by atoms with Gasteiger partial charge in [0.05, 0.1) is 0 Å². The van der Waals surface area contributed by atoms with E-state index in [4.69, 9.17) is 0 Å². The van der Waals surface area contributed by atoms with Gasteiger partial charge in [0, 0.05) is 10.8 Å². The Labute approximate surface area is 110 Å². The summed E-state index contributed by atoms with van der Waals surface area (Å²) in [5, 5.41) is 0. The van der Waals surface area contributed by atoms with E-state index in [-0.39, 0.29) is 0 Å². The first-order chi connectivity index (χ1) is 7.77. The normalized spacial score (nSPS) is 15.0. The molecular weight excluding hydrogens is 394 g/mol. The molecule has 0 nitrogen and oxygen atoms in total. The van der Waals surface area contributed by atoms with Crippen molar-refractivity contribution in [2.75, 3.05) is 4.43 Å². The first-order valence-electron chi connectivity index (χ1n) is 4.53. The third-order valence-corrected chi connectivity index (χ3v) is 2.98. The van der Waals surface area contributed by atoms with Gasteiger partial charge in [-0.3, -0.25) is 0 Å². The fourth-order valence-electron chi connectivity index (χ4n) is 1.37. The molecule has 0 aromatic heterocycles. The van der Waals surface area contributed by atoms with Gasteiger partial charge in [0.15, 0.2) is 5.41 Å². The Hall–Kier alpha value is 0.100. The summed E-state index contributed by atoms with van der Waals surface area (Å²) in [6, 6.07) is 0. The second kappa shape index (κ2) is 5.61. The molecule has 0 aliphatic heterocycles. The van der Waals surface area contributed by atoms with Gasteiger partial charge in [-0.15, -0.1) is 0 Å². The van der Waals surface area contributed by atoms with Crippen LogP contribution in [0.3, 0.4) is 0 Å². The average molecular weight is 402 g/mol. The molecule has 0 aromatic carbocycles. The molecule has 0 unspecified atom stereocenters. The highest BCUT2D eigenvalue weighted by atomic mass is 127. The highest BCUT2D eigenvalue weighted by molar-refractivity contribution is 14.1. The van der Waals surface area contributed by atoms with E-state index in [9.17, 15) is 39.5 Å². The van der Waals surface area contributed by atoms with Crippen molar-refractivity contribution in [3.63, 3.8) is 0 Å². The molecule has 0 heterocycles. The highest BCUT2D eigenvalue weighted by Gasteiger charge is 2.69. The molecule has 0 spiro atoms. The summed E-state index contributed by atoms with van der Waals surface area (Å²) in [6.45, 7) is 0. The maximum atomic E-state index is 12.5. The minimum Gasteiger partial charge on any atom is -0.171 e. The monoisotopic (exact) mass is 402 g/mol. The van der Waals surface area contributed by atoms with Crippen molar-refractivity contribution in [1.29, 1.82) is 0 Å². The van der Waals surface area contributed by atoms with Crippen LogP contribution in [-0.2, 0) is 0 Å². The van der Waals surface area contributed by atoms with Crippen LogP contribution in [0, 0.1) is 5.41 Å². The summed E-state index contributed by atoms with van der Waals surface area (Å²) < 4.78 is 110. The van der Waals surface area contributed by atoms with Crippen LogP contribution in [0.1, 0.15) is 19.3 Å². The Balaban J connectivity index is 5.37. The minimum absolute atomic E-state index is 0.547. The quantitative estimate of drug-likeness (QED) is 0.342. The van der Waals surface area contributed by atoms with Crippen molar-refractivity contribution in [2.45, 2.75) is 37.8 Å². The van der Waals surface area contributed by atoms with Crippen LogP contribution < -0.4 is 0 Å². The summed E-state index contributed by atoms with van der Waals surface area (Å²) in [5.74, 6) is 0. The lowest BCUT2D eigenvalue weighted by molar-refractivity contribution is -0.347. The molecule has 0 saturated heterocycles. The molecule has 0 aromatic rings. The first-order valence-corrected chi connectivity index (χ1v) is 6.05. The zero-order valence-electron chi connectivity index (χ0n) is 8.61. The van der Waals surface area contributed by atoms with Gasteiger partial charge >= 0.3 is 18.5 Å². The van der Waals surface area contributed by atoms with Gasteiger partial charge in [0.1, 0.15) is 0 Å². The zero-order valence-corrected chi connectivity index (χ0v) is 10.8. The maximum Gasteiger partial charge on any atom is 0.403 e. The maximum absolute atomic E-state index is 12.5. The molecule has 18 heavy (non-hydrogen) atoms. The van der Waals surface area contributed by atoms with Crippen LogP contribution in [0.2, 0.25) is 0 Å². The van der Waals surface area contributed by atoms with E-state index in [1.807, 2.05) is 0 Å². The third kappa shape index (κ3) is 4.34. The lowest BCUT2D eigenvalue weighted by Gasteiger charge is -2.37. The van der Waals surface area contributed by atoms with Crippen LogP contribution in [0.15, 0.2) is 0 Å². The summed E-state index contributed by atoms with van der Waals surface area (Å²) >= 11 is 1.27. The number of hydrogen-bond donors (Lipinski definition) is 0. The average Bonchev–Trinajstić information content (AvgIpc) is 2.06. The van der Waals surface area contributed by atoms with Crippen molar-refractivity contribution in [2.24, 2.45) is 5.41 Å². The molecule has 0 radical (unpaired) electrons. The zero-order chi connectivity index (χ0) is 14.8. The molecule has 0 saturated carbocycles. The lowest BCUT2D eigenvalue weighted by atomic mass is 9.79. The van der Waals surface area contributed by atoms with Crippen LogP contribution in [0.5, 0.6) is 0 Å². The molecule has 0 bridgehead atoms. The lowest BCUT2D eigenvalue weighted by Crippen LogP contribution is -2.50. The molecule has 0 atom stereocenters. The predicted octanol–water partition coefficient (Wildman–Crippen LogP) is 5.27. The number of rotatable bonds is 4. The standard InChI is InChI=1S/C8H8F9I/c9-6(10,11)2-1-5(3-4-18,7(12,13)14)8(15,16)17/h1-4H2. The van der Waals surface area contributed by atoms with E-state index in [2.05, 4.69) is 0 Å². The van der Waals surface area contributed by atoms with E-state index < -0.39 is 47.6 Å². The van der Waals surface area contributed by atoms with Crippen molar-refractivity contribution < 1.29 is 39.5 Å². The number of alkyl halides is 10. The van der Waals surface area contributed by atoms with Gasteiger partial charge in [-0.1, -0.05) is 22.6 Å². The van der Waals surface area contributed by atoms with Crippen LogP contribution in [0.4, 0.5) is 39.5 Å². The highest BCUT2D eigenvalue weighted by Crippen LogP contribution is 2.56. The van der Waals surface area contributed by atoms with Crippen LogP contribution >= 0.6 is 22.6 Å². The van der Waals surface area contributed by atoms with E-state index in [0.29, 0.717) is 0 Å². The van der Waals surface area contributed by atoms with Crippen molar-refractivity contribution >= 4 is 22.6 Å². The van der Waals surface area contributed by atoms with E-state index in [1.165, 1.54) is 22.6 Å². The largest absolute Gasteiger partial charge is 0.403 e. The Morgan fingerprint density at radius 3 is 1.22 bits per heavy atom. The molecule has 0 aliphatic rings. The first kappa shape index (κ1) is 18.1. The Morgan fingerprint density at radius 1 is 0.611 bits per heavy atom. The fraction of sp³-hybridized carbons (Fsp3) is 1.00. The molecule has 0 fully saturated rings.